The van der Waals surface area contributed by atoms with E-state index in [0.29, 0.717) is 0 Å². The minimum absolute atomic E-state index is 0.201. The second kappa shape index (κ2) is 8.42. The quantitative estimate of drug-likeness (QED) is 0.195. The highest BCUT2D eigenvalue weighted by atomic mass is 32.1. The molecule has 26 heavy (non-hydrogen) atoms. The van der Waals surface area contributed by atoms with Crippen molar-refractivity contribution < 1.29 is 0 Å². The molecule has 0 saturated carbocycles. The van der Waals surface area contributed by atoms with Gasteiger partial charge < -0.3 is 4.90 Å². The number of fused-ring (bicyclic) bond motifs is 1. The average Bonchev–Trinajstić information content (AvgIpc) is 3.01. The monoisotopic (exact) mass is 385 g/mol. The maximum Gasteiger partial charge on any atom is 0.227 e. The molecule has 1 aliphatic rings. The summed E-state index contributed by atoms with van der Waals surface area (Å²) >= 11 is 1.69. The van der Waals surface area contributed by atoms with Gasteiger partial charge in [-0.2, -0.15) is 0 Å². The Morgan fingerprint density at radius 2 is 1.96 bits per heavy atom. The third-order valence-electron chi connectivity index (χ3n) is 5.72. The fourth-order valence-corrected chi connectivity index (χ4v) is 7.52. The van der Waals surface area contributed by atoms with Crippen molar-refractivity contribution >= 4 is 36.4 Å². The van der Waals surface area contributed by atoms with E-state index in [1.165, 1.54) is 28.6 Å². The highest BCUT2D eigenvalue weighted by Gasteiger charge is 2.37. The van der Waals surface area contributed by atoms with Crippen LogP contribution in [0.5, 0.6) is 0 Å². The van der Waals surface area contributed by atoms with Crippen molar-refractivity contribution in [3.05, 3.63) is 21.9 Å². The van der Waals surface area contributed by atoms with Gasteiger partial charge in [-0.05, 0) is 54.8 Å². The highest BCUT2D eigenvalue weighted by molar-refractivity contribution is 7.16. The molecule has 5 heteroatoms. The first kappa shape index (κ1) is 20.7. The lowest BCUT2D eigenvalue weighted by molar-refractivity contribution is 0.505. The molecule has 0 aliphatic heterocycles. The summed E-state index contributed by atoms with van der Waals surface area (Å²) in [5.41, 5.74) is 5.49. The summed E-state index contributed by atoms with van der Waals surface area (Å²) in [6, 6.07) is 3.65. The molecule has 0 unspecified atom stereocenters. The summed E-state index contributed by atoms with van der Waals surface area (Å²) in [5.74, 6) is 3.71. The molecule has 0 fully saturated rings. The van der Waals surface area contributed by atoms with Gasteiger partial charge in [-0.25, -0.2) is 9.84 Å². The highest BCUT2D eigenvalue weighted by Crippen LogP contribution is 2.52. The molecule has 0 radical (unpaired) electrons. The zero-order valence-corrected chi connectivity index (χ0v) is 18.9. The van der Waals surface area contributed by atoms with E-state index in [0.717, 1.165) is 30.0 Å². The topological polar surface area (TPSA) is 20.0 Å². The van der Waals surface area contributed by atoms with E-state index >= 15 is 0 Å². The first-order valence-corrected chi connectivity index (χ1v) is 13.1. The third kappa shape index (κ3) is 4.05. The Morgan fingerprint density at radius 1 is 1.31 bits per heavy atom. The molecule has 1 heterocycles. The summed E-state index contributed by atoms with van der Waals surface area (Å²) in [6.45, 7) is 16.9. The molecule has 1 aromatic heterocycles. The van der Waals surface area contributed by atoms with E-state index in [2.05, 4.69) is 49.0 Å². The maximum absolute atomic E-state index is 7.77. The number of rotatable bonds is 5. The molecule has 0 spiro atoms. The van der Waals surface area contributed by atoms with Gasteiger partial charge in [0.1, 0.15) is 13.1 Å². The maximum atomic E-state index is 7.77. The Morgan fingerprint density at radius 3 is 2.50 bits per heavy atom. The first-order chi connectivity index (χ1) is 12.3. The molecule has 0 aromatic carbocycles. The first-order valence-electron chi connectivity index (χ1n) is 9.63. The van der Waals surface area contributed by atoms with E-state index in [1.807, 2.05) is 19.0 Å². The van der Waals surface area contributed by atoms with E-state index in [9.17, 15) is 0 Å². The van der Waals surface area contributed by atoms with Crippen LogP contribution in [0, 0.1) is 18.0 Å². The van der Waals surface area contributed by atoms with Gasteiger partial charge in [0, 0.05) is 19.5 Å². The van der Waals surface area contributed by atoms with Crippen LogP contribution in [0.1, 0.15) is 51.0 Å². The Hall–Kier alpha value is -1.56. The molecular formula is C21H31N3SSi. The van der Waals surface area contributed by atoms with E-state index in [-0.39, 0.29) is 5.41 Å². The molecular weight excluding hydrogens is 354 g/mol. The molecule has 1 aromatic rings. The SMILES string of the molecule is [C-]#[N+]c1c(/N=C/N(C)C)sc2c1[C@@](C)(C#C[Si](CC)(CC)CC)CCC2. The minimum atomic E-state index is -1.49. The van der Waals surface area contributed by atoms with Crippen LogP contribution in [0.15, 0.2) is 4.99 Å². The summed E-state index contributed by atoms with van der Waals surface area (Å²) in [7, 11) is 2.41. The number of hydrogen-bond acceptors (Lipinski definition) is 2. The number of hydrogen-bond donors (Lipinski definition) is 0. The fraction of sp³-hybridized carbons (Fsp3) is 0.619. The smallest absolute Gasteiger partial charge is 0.227 e. The average molecular weight is 386 g/mol. The zero-order valence-electron chi connectivity index (χ0n) is 17.1. The van der Waals surface area contributed by atoms with Crippen LogP contribution in [0.2, 0.25) is 18.1 Å². The van der Waals surface area contributed by atoms with Crippen LogP contribution in [0.4, 0.5) is 10.7 Å². The van der Waals surface area contributed by atoms with Gasteiger partial charge in [0.05, 0.1) is 12.9 Å². The molecule has 0 amide bonds. The van der Waals surface area contributed by atoms with Gasteiger partial charge in [-0.15, -0.1) is 22.8 Å². The van der Waals surface area contributed by atoms with Crippen molar-refractivity contribution in [1.82, 2.24) is 4.90 Å². The van der Waals surface area contributed by atoms with Crippen LogP contribution in [-0.4, -0.2) is 33.4 Å². The standard InChI is InChI=1S/C21H31N3SSi/c1-8-26(9-2,10-3)15-14-21(4)13-11-12-17-18(21)19(22-5)20(25-17)23-16-24(6)7/h16H,8-13H2,1-4,6-7H3/b23-16+/t21-/m1/s1. The fourth-order valence-electron chi connectivity index (χ4n) is 3.70. The minimum Gasteiger partial charge on any atom is -0.369 e. The Kier molecular flexibility index (Phi) is 6.72. The predicted molar refractivity (Wildman–Crippen MR) is 118 cm³/mol. The number of aryl methyl sites for hydroxylation is 1. The van der Waals surface area contributed by atoms with Crippen molar-refractivity contribution in [2.24, 2.45) is 4.99 Å². The molecule has 2 rings (SSSR count). The molecule has 0 bridgehead atoms. The Balaban J connectivity index is 2.56. The Bertz CT molecular complexity index is 763. The number of nitrogens with zero attached hydrogens (tertiary/aromatic N) is 3. The normalized spacial score (nSPS) is 19.6. The van der Waals surface area contributed by atoms with E-state index < -0.39 is 8.07 Å². The van der Waals surface area contributed by atoms with Gasteiger partial charge in [0.15, 0.2) is 0 Å². The van der Waals surface area contributed by atoms with Crippen molar-refractivity contribution in [1.29, 1.82) is 0 Å². The zero-order chi connectivity index (χ0) is 19.4. The lowest BCUT2D eigenvalue weighted by Crippen LogP contribution is -2.32. The third-order valence-corrected chi connectivity index (χ3v) is 11.6. The van der Waals surface area contributed by atoms with E-state index in [4.69, 9.17) is 6.57 Å². The van der Waals surface area contributed by atoms with Gasteiger partial charge in [-0.1, -0.05) is 20.8 Å². The summed E-state index contributed by atoms with van der Waals surface area (Å²) in [5, 5.41) is 0.846. The van der Waals surface area contributed by atoms with E-state index in [1.54, 1.807) is 17.7 Å². The van der Waals surface area contributed by atoms with Crippen molar-refractivity contribution in [2.45, 2.75) is 70.5 Å². The van der Waals surface area contributed by atoms with Crippen LogP contribution in [0.3, 0.4) is 0 Å². The summed E-state index contributed by atoms with van der Waals surface area (Å²) in [4.78, 5) is 11.7. The van der Waals surface area contributed by atoms with Crippen LogP contribution < -0.4 is 0 Å². The second-order valence-electron chi connectivity index (χ2n) is 7.65. The van der Waals surface area contributed by atoms with Gasteiger partial charge in [0.2, 0.25) is 5.69 Å². The van der Waals surface area contributed by atoms with Crippen molar-refractivity contribution in [2.75, 3.05) is 14.1 Å². The summed E-state index contributed by atoms with van der Waals surface area (Å²) < 4.78 is 0. The molecule has 0 N–H and O–H groups in total. The predicted octanol–water partition coefficient (Wildman–Crippen LogP) is 6.17. The molecule has 1 aliphatic carbocycles. The Labute approximate surface area is 164 Å². The molecule has 1 atom stereocenters. The number of thiophene rings is 1. The lowest BCUT2D eigenvalue weighted by atomic mass is 9.74. The second-order valence-corrected chi connectivity index (χ2v) is 13.7. The van der Waals surface area contributed by atoms with Gasteiger partial charge in [-0.3, -0.25) is 0 Å². The molecule has 0 saturated heterocycles. The van der Waals surface area contributed by atoms with Crippen LogP contribution in [-0.2, 0) is 11.8 Å². The van der Waals surface area contributed by atoms with Crippen LogP contribution >= 0.6 is 11.3 Å². The molecule has 3 nitrogen and oxygen atoms in total. The summed E-state index contributed by atoms with van der Waals surface area (Å²) in [6.07, 6.45) is 5.03. The lowest BCUT2D eigenvalue weighted by Gasteiger charge is -2.31. The van der Waals surface area contributed by atoms with Crippen LogP contribution in [0.25, 0.3) is 4.85 Å². The molecule has 140 valence electrons. The van der Waals surface area contributed by atoms with Gasteiger partial charge >= 0.3 is 0 Å². The van der Waals surface area contributed by atoms with Gasteiger partial charge in [0.25, 0.3) is 0 Å². The van der Waals surface area contributed by atoms with Crippen molar-refractivity contribution in [3.8, 4) is 11.5 Å². The van der Waals surface area contributed by atoms with Crippen molar-refractivity contribution in [3.63, 3.8) is 0 Å². The largest absolute Gasteiger partial charge is 0.369 e. The number of aliphatic imine (C=N–C) groups is 1.